The zero-order chi connectivity index (χ0) is 13.2. The van der Waals surface area contributed by atoms with Crippen molar-refractivity contribution in [1.82, 2.24) is 19.8 Å². The van der Waals surface area contributed by atoms with Crippen molar-refractivity contribution in [1.29, 1.82) is 0 Å². The minimum Gasteiger partial charge on any atom is -0.341 e. The van der Waals surface area contributed by atoms with E-state index in [1.54, 1.807) is 11.1 Å². The molecule has 18 heavy (non-hydrogen) atoms. The molecule has 0 spiro atoms. The first-order chi connectivity index (χ1) is 8.46. The number of amides is 1. The maximum Gasteiger partial charge on any atom is 0.237 e. The van der Waals surface area contributed by atoms with Crippen molar-refractivity contribution in [3.8, 4) is 0 Å². The van der Waals surface area contributed by atoms with Crippen LogP contribution in [0.2, 0.25) is 0 Å². The molecule has 0 bridgehead atoms. The van der Waals surface area contributed by atoms with Crippen LogP contribution in [0.3, 0.4) is 0 Å². The van der Waals surface area contributed by atoms with Crippen molar-refractivity contribution < 1.29 is 13.2 Å². The molecule has 1 aliphatic rings. The van der Waals surface area contributed by atoms with Crippen LogP contribution in [-0.4, -0.2) is 55.3 Å². The van der Waals surface area contributed by atoms with Crippen molar-refractivity contribution in [2.24, 2.45) is 0 Å². The first kappa shape index (κ1) is 13.0. The van der Waals surface area contributed by atoms with Crippen molar-refractivity contribution in [2.75, 3.05) is 25.9 Å². The van der Waals surface area contributed by atoms with Crippen LogP contribution in [0.25, 0.3) is 0 Å². The van der Waals surface area contributed by atoms with Crippen LogP contribution in [0.4, 0.5) is 0 Å². The van der Waals surface area contributed by atoms with Crippen LogP contribution in [-0.2, 0) is 14.8 Å². The number of H-pyrrole nitrogens is 1. The summed E-state index contributed by atoms with van der Waals surface area (Å²) in [5.74, 6) is 0.0668. The molecule has 0 radical (unpaired) electrons. The molecule has 0 aliphatic carbocycles. The highest BCUT2D eigenvalue weighted by atomic mass is 32.2. The van der Waals surface area contributed by atoms with Crippen molar-refractivity contribution in [2.45, 2.75) is 12.3 Å². The summed E-state index contributed by atoms with van der Waals surface area (Å²) in [5, 5.41) is 6.78. The maximum absolute atomic E-state index is 11.8. The molecule has 2 heterocycles. The molecule has 1 atom stereocenters. The lowest BCUT2D eigenvalue weighted by atomic mass is 10.1. The fourth-order valence-electron chi connectivity index (χ4n) is 2.04. The average molecular weight is 272 g/mol. The van der Waals surface area contributed by atoms with E-state index in [4.69, 9.17) is 0 Å². The van der Waals surface area contributed by atoms with Crippen LogP contribution in [0.1, 0.15) is 18.0 Å². The summed E-state index contributed by atoms with van der Waals surface area (Å²) in [6.45, 7) is 1.08. The van der Waals surface area contributed by atoms with Crippen LogP contribution in [0.15, 0.2) is 12.3 Å². The summed E-state index contributed by atoms with van der Waals surface area (Å²) in [4.78, 5) is 13.5. The van der Waals surface area contributed by atoms with Gasteiger partial charge in [0.05, 0.1) is 12.8 Å². The lowest BCUT2D eigenvalue weighted by Gasteiger charge is -2.16. The zero-order valence-electron chi connectivity index (χ0n) is 10.1. The topological polar surface area (TPSA) is 95.2 Å². The minimum atomic E-state index is -3.32. The minimum absolute atomic E-state index is 0.172. The summed E-state index contributed by atoms with van der Waals surface area (Å²) in [6, 6.07) is 1.90. The van der Waals surface area contributed by atoms with Crippen LogP contribution in [0, 0.1) is 0 Å². The van der Waals surface area contributed by atoms with E-state index in [9.17, 15) is 13.2 Å². The van der Waals surface area contributed by atoms with E-state index in [1.165, 1.54) is 0 Å². The van der Waals surface area contributed by atoms with Gasteiger partial charge in [0, 0.05) is 30.9 Å². The molecule has 7 nitrogen and oxygen atoms in total. The van der Waals surface area contributed by atoms with E-state index in [-0.39, 0.29) is 18.4 Å². The predicted molar refractivity (Wildman–Crippen MR) is 65.4 cm³/mol. The van der Waals surface area contributed by atoms with Gasteiger partial charge in [0.15, 0.2) is 0 Å². The third kappa shape index (κ3) is 3.30. The molecule has 1 fully saturated rings. The normalized spacial score (nSPS) is 20.3. The van der Waals surface area contributed by atoms with Gasteiger partial charge < -0.3 is 4.90 Å². The molecule has 1 saturated heterocycles. The molecule has 2 N–H and O–H groups in total. The van der Waals surface area contributed by atoms with E-state index in [1.807, 2.05) is 6.07 Å². The molecule has 2 rings (SSSR count). The Morgan fingerprint density at radius 3 is 3.06 bits per heavy atom. The van der Waals surface area contributed by atoms with Crippen molar-refractivity contribution in [3.05, 3.63) is 18.0 Å². The molecular weight excluding hydrogens is 256 g/mol. The number of aromatic nitrogens is 2. The number of aromatic amines is 1. The first-order valence-electron chi connectivity index (χ1n) is 5.67. The van der Waals surface area contributed by atoms with E-state index < -0.39 is 10.0 Å². The molecule has 1 unspecified atom stereocenters. The van der Waals surface area contributed by atoms with Crippen LogP contribution in [0.5, 0.6) is 0 Å². The van der Waals surface area contributed by atoms with Gasteiger partial charge in [0.2, 0.25) is 15.9 Å². The van der Waals surface area contributed by atoms with E-state index >= 15 is 0 Å². The van der Waals surface area contributed by atoms with Gasteiger partial charge in [-0.3, -0.25) is 9.89 Å². The van der Waals surface area contributed by atoms with Gasteiger partial charge in [-0.25, -0.2) is 13.1 Å². The van der Waals surface area contributed by atoms with E-state index in [0.29, 0.717) is 13.1 Å². The van der Waals surface area contributed by atoms with Gasteiger partial charge in [-0.1, -0.05) is 0 Å². The predicted octanol–water partition coefficient (Wildman–Crippen LogP) is -0.725. The molecule has 1 aliphatic heterocycles. The summed E-state index contributed by atoms with van der Waals surface area (Å²) in [5.41, 5.74) is 1.02. The molecule has 1 amide bonds. The maximum atomic E-state index is 11.8. The van der Waals surface area contributed by atoms with Gasteiger partial charge in [0.25, 0.3) is 0 Å². The Hall–Kier alpha value is -1.41. The number of likely N-dealkylation sites (tertiary alicyclic amines) is 1. The molecule has 1 aromatic rings. The fraction of sp³-hybridized carbons (Fsp3) is 0.600. The monoisotopic (exact) mass is 272 g/mol. The summed E-state index contributed by atoms with van der Waals surface area (Å²) >= 11 is 0. The van der Waals surface area contributed by atoms with Crippen molar-refractivity contribution in [3.63, 3.8) is 0 Å². The van der Waals surface area contributed by atoms with Crippen molar-refractivity contribution >= 4 is 15.9 Å². The zero-order valence-corrected chi connectivity index (χ0v) is 10.9. The van der Waals surface area contributed by atoms with Gasteiger partial charge in [-0.2, -0.15) is 5.10 Å². The van der Waals surface area contributed by atoms with Crippen LogP contribution < -0.4 is 4.72 Å². The Kier molecular flexibility index (Phi) is 3.67. The lowest BCUT2D eigenvalue weighted by molar-refractivity contribution is -0.128. The SMILES string of the molecule is CS(=O)(=O)NCC(=O)N1CCC(c2ccn[nH]2)C1. The highest BCUT2D eigenvalue weighted by molar-refractivity contribution is 7.88. The number of hydrogen-bond donors (Lipinski definition) is 2. The Balaban J connectivity index is 1.87. The molecular formula is C10H16N4O3S. The second kappa shape index (κ2) is 5.07. The van der Waals surface area contributed by atoms with Gasteiger partial charge in [-0.15, -0.1) is 0 Å². The Morgan fingerprint density at radius 2 is 2.44 bits per heavy atom. The number of carbonyl (C=O) groups excluding carboxylic acids is 1. The Labute approximate surface area is 106 Å². The van der Waals surface area contributed by atoms with E-state index in [0.717, 1.165) is 18.4 Å². The smallest absolute Gasteiger partial charge is 0.237 e. The molecule has 0 saturated carbocycles. The quantitative estimate of drug-likeness (QED) is 0.756. The van der Waals surface area contributed by atoms with E-state index in [2.05, 4.69) is 14.9 Å². The second-order valence-corrected chi connectivity index (χ2v) is 6.26. The summed E-state index contributed by atoms with van der Waals surface area (Å²) in [6.07, 6.45) is 3.59. The third-order valence-corrected chi connectivity index (χ3v) is 3.66. The number of sulfonamides is 1. The fourth-order valence-corrected chi connectivity index (χ4v) is 2.42. The largest absolute Gasteiger partial charge is 0.341 e. The third-order valence-electron chi connectivity index (χ3n) is 2.99. The highest BCUT2D eigenvalue weighted by Gasteiger charge is 2.28. The average Bonchev–Trinajstić information content (AvgIpc) is 2.94. The Bertz CT molecular complexity index is 511. The Morgan fingerprint density at radius 1 is 1.67 bits per heavy atom. The second-order valence-electron chi connectivity index (χ2n) is 4.43. The first-order valence-corrected chi connectivity index (χ1v) is 7.56. The van der Waals surface area contributed by atoms with Gasteiger partial charge in [0.1, 0.15) is 0 Å². The number of rotatable bonds is 4. The number of carbonyl (C=O) groups is 1. The number of hydrogen-bond acceptors (Lipinski definition) is 4. The molecule has 1 aromatic heterocycles. The standard InChI is InChI=1S/C10H16N4O3S/c1-18(16,17)12-6-10(15)14-5-3-8(7-14)9-2-4-11-13-9/h2,4,8,12H,3,5-7H2,1H3,(H,11,13). The van der Waals surface area contributed by atoms with Gasteiger partial charge >= 0.3 is 0 Å². The number of nitrogens with zero attached hydrogens (tertiary/aromatic N) is 2. The highest BCUT2D eigenvalue weighted by Crippen LogP contribution is 2.25. The van der Waals surface area contributed by atoms with Gasteiger partial charge in [-0.05, 0) is 12.5 Å². The lowest BCUT2D eigenvalue weighted by Crippen LogP contribution is -2.38. The summed E-state index contributed by atoms with van der Waals surface area (Å²) in [7, 11) is -3.32. The molecule has 8 heteroatoms. The molecule has 100 valence electrons. The number of nitrogens with one attached hydrogen (secondary N) is 2. The molecule has 0 aromatic carbocycles. The van der Waals surface area contributed by atoms with Crippen LogP contribution >= 0.6 is 0 Å². The summed E-state index contributed by atoms with van der Waals surface area (Å²) < 4.78 is 24.0.